The summed E-state index contributed by atoms with van der Waals surface area (Å²) in [5.74, 6) is 2.54. The molecule has 100 valence electrons. The minimum Gasteiger partial charge on any atom is -0.292 e. The molecule has 1 saturated heterocycles. The predicted octanol–water partition coefficient (Wildman–Crippen LogP) is 3.41. The Bertz CT molecular complexity index is 467. The molecule has 0 spiro atoms. The summed E-state index contributed by atoms with van der Waals surface area (Å²) in [6.07, 6.45) is 12.0. The quantitative estimate of drug-likeness (QED) is 0.592. The first-order chi connectivity index (χ1) is 9.28. The Hall–Kier alpha value is -1.59. The van der Waals surface area contributed by atoms with E-state index in [0.717, 1.165) is 38.9 Å². The van der Waals surface area contributed by atoms with Crippen LogP contribution in [0.2, 0.25) is 0 Å². The van der Waals surface area contributed by atoms with Gasteiger partial charge in [-0.15, -0.1) is 6.42 Å². The lowest BCUT2D eigenvalue weighted by Crippen LogP contribution is -2.24. The van der Waals surface area contributed by atoms with Crippen LogP contribution in [0.5, 0.6) is 0 Å². The third-order valence-electron chi connectivity index (χ3n) is 3.58. The van der Waals surface area contributed by atoms with Crippen LogP contribution >= 0.6 is 0 Å². The lowest BCUT2D eigenvalue weighted by molar-refractivity contribution is 0.322. The molecule has 0 bridgehead atoms. The van der Waals surface area contributed by atoms with E-state index < -0.39 is 0 Å². The van der Waals surface area contributed by atoms with Crippen molar-refractivity contribution in [3.63, 3.8) is 0 Å². The van der Waals surface area contributed by atoms with Crippen LogP contribution in [0.3, 0.4) is 0 Å². The molecule has 1 heterocycles. The molecular formula is C17H20FN. The number of allylic oxidation sites excluding steroid dienone is 1. The Balaban J connectivity index is 1.89. The second kappa shape index (κ2) is 7.11. The zero-order valence-corrected chi connectivity index (χ0v) is 11.2. The van der Waals surface area contributed by atoms with Gasteiger partial charge in [0.2, 0.25) is 0 Å². The van der Waals surface area contributed by atoms with E-state index in [2.05, 4.69) is 16.9 Å². The second-order valence-electron chi connectivity index (χ2n) is 5.03. The molecule has 1 aliphatic heterocycles. The summed E-state index contributed by atoms with van der Waals surface area (Å²) in [7, 11) is 0. The Morgan fingerprint density at radius 3 is 2.74 bits per heavy atom. The highest BCUT2D eigenvalue weighted by Crippen LogP contribution is 2.17. The zero-order valence-electron chi connectivity index (χ0n) is 11.2. The van der Waals surface area contributed by atoms with Gasteiger partial charge in [0.15, 0.2) is 0 Å². The van der Waals surface area contributed by atoms with E-state index in [1.165, 1.54) is 29.7 Å². The zero-order chi connectivity index (χ0) is 13.5. The Kier molecular flexibility index (Phi) is 5.18. The van der Waals surface area contributed by atoms with Gasteiger partial charge >= 0.3 is 0 Å². The van der Waals surface area contributed by atoms with E-state index in [0.29, 0.717) is 0 Å². The maximum absolute atomic E-state index is 12.8. The minimum atomic E-state index is -0.171. The van der Waals surface area contributed by atoms with Gasteiger partial charge in [0.1, 0.15) is 5.82 Å². The first-order valence-corrected chi connectivity index (χ1v) is 6.86. The van der Waals surface area contributed by atoms with E-state index in [4.69, 9.17) is 6.42 Å². The molecule has 0 saturated carbocycles. The molecule has 0 aromatic heterocycles. The molecule has 0 radical (unpaired) electrons. The molecule has 19 heavy (non-hydrogen) atoms. The molecule has 1 nitrogen and oxygen atoms in total. The van der Waals surface area contributed by atoms with Crippen LogP contribution in [0.25, 0.3) is 0 Å². The summed E-state index contributed by atoms with van der Waals surface area (Å²) in [4.78, 5) is 2.33. The maximum atomic E-state index is 12.8. The third kappa shape index (κ3) is 4.54. The van der Waals surface area contributed by atoms with Crippen molar-refractivity contribution < 1.29 is 4.39 Å². The highest BCUT2D eigenvalue weighted by atomic mass is 19.1. The summed E-state index contributed by atoms with van der Waals surface area (Å²) < 4.78 is 12.8. The Morgan fingerprint density at radius 2 is 2.00 bits per heavy atom. The van der Waals surface area contributed by atoms with Gasteiger partial charge in [0.25, 0.3) is 0 Å². The predicted molar refractivity (Wildman–Crippen MR) is 77.3 cm³/mol. The van der Waals surface area contributed by atoms with Gasteiger partial charge in [-0.3, -0.25) is 4.90 Å². The summed E-state index contributed by atoms with van der Waals surface area (Å²) in [6.45, 7) is 2.91. The van der Waals surface area contributed by atoms with Gasteiger partial charge in [0, 0.05) is 6.54 Å². The van der Waals surface area contributed by atoms with Crippen LogP contribution in [-0.4, -0.2) is 24.5 Å². The van der Waals surface area contributed by atoms with Gasteiger partial charge in [-0.05, 0) is 49.9 Å². The largest absolute Gasteiger partial charge is 0.292 e. The molecule has 2 rings (SSSR count). The van der Waals surface area contributed by atoms with Crippen LogP contribution in [0.4, 0.5) is 4.39 Å². The Labute approximate surface area is 115 Å². The fourth-order valence-electron chi connectivity index (χ4n) is 2.44. The molecular weight excluding hydrogens is 237 g/mol. The third-order valence-corrected chi connectivity index (χ3v) is 3.58. The number of hydrogen-bond acceptors (Lipinski definition) is 1. The number of nitrogens with zero attached hydrogens (tertiary/aromatic N) is 1. The van der Waals surface area contributed by atoms with Crippen LogP contribution in [0, 0.1) is 18.2 Å². The summed E-state index contributed by atoms with van der Waals surface area (Å²) in [5.41, 5.74) is 2.67. The molecule has 1 aromatic rings. The van der Waals surface area contributed by atoms with Crippen molar-refractivity contribution in [1.82, 2.24) is 4.90 Å². The van der Waals surface area contributed by atoms with Crippen molar-refractivity contribution in [2.75, 3.05) is 19.6 Å². The first-order valence-electron chi connectivity index (χ1n) is 6.86. The van der Waals surface area contributed by atoms with Crippen molar-refractivity contribution in [3.05, 3.63) is 47.3 Å². The lowest BCUT2D eigenvalue weighted by Gasteiger charge is -2.15. The maximum Gasteiger partial charge on any atom is 0.123 e. The number of likely N-dealkylation sites (tertiary alicyclic amines) is 1. The van der Waals surface area contributed by atoms with E-state index in [9.17, 15) is 4.39 Å². The molecule has 0 N–H and O–H groups in total. The summed E-state index contributed by atoms with van der Waals surface area (Å²) >= 11 is 0. The van der Waals surface area contributed by atoms with Crippen molar-refractivity contribution in [1.29, 1.82) is 0 Å². The molecule has 1 aromatic carbocycles. The molecule has 0 unspecified atom stereocenters. The highest BCUT2D eigenvalue weighted by molar-refractivity contribution is 5.20. The lowest BCUT2D eigenvalue weighted by atomic mass is 10.0. The van der Waals surface area contributed by atoms with Crippen molar-refractivity contribution in [2.24, 2.45) is 0 Å². The minimum absolute atomic E-state index is 0.171. The van der Waals surface area contributed by atoms with Crippen LogP contribution in [-0.2, 0) is 6.42 Å². The van der Waals surface area contributed by atoms with Gasteiger partial charge in [-0.2, -0.15) is 0 Å². The highest BCUT2D eigenvalue weighted by Gasteiger charge is 2.10. The van der Waals surface area contributed by atoms with Crippen molar-refractivity contribution >= 4 is 0 Å². The molecule has 0 aliphatic carbocycles. The van der Waals surface area contributed by atoms with Crippen LogP contribution in [0.15, 0.2) is 35.9 Å². The summed E-state index contributed by atoms with van der Waals surface area (Å²) in [6, 6.07) is 6.76. The van der Waals surface area contributed by atoms with E-state index in [-0.39, 0.29) is 5.82 Å². The second-order valence-corrected chi connectivity index (χ2v) is 5.03. The standard InChI is InChI=1S/C17H20FN/c1-2-12-19-13-3-4-15(11-14-19)5-6-16-7-9-17(18)10-8-16/h1,5,7-10H,3-4,6,11-14H2/b15-5-. The average molecular weight is 257 g/mol. The normalized spacial score (nSPS) is 19.1. The molecule has 0 atom stereocenters. The number of halogens is 1. The number of rotatable bonds is 3. The average Bonchev–Trinajstić information content (AvgIpc) is 2.64. The monoisotopic (exact) mass is 257 g/mol. The first kappa shape index (κ1) is 13.8. The fourth-order valence-corrected chi connectivity index (χ4v) is 2.44. The van der Waals surface area contributed by atoms with Crippen molar-refractivity contribution in [3.8, 4) is 12.3 Å². The fraction of sp³-hybridized carbons (Fsp3) is 0.412. The summed E-state index contributed by atoms with van der Waals surface area (Å²) in [5, 5.41) is 0. The molecule has 0 amide bonds. The van der Waals surface area contributed by atoms with Crippen molar-refractivity contribution in [2.45, 2.75) is 25.7 Å². The SMILES string of the molecule is C#CCN1CCC/C(=C/Cc2ccc(F)cc2)CC1. The van der Waals surface area contributed by atoms with Gasteiger partial charge in [-0.1, -0.05) is 29.7 Å². The number of benzene rings is 1. The van der Waals surface area contributed by atoms with E-state index in [1.807, 2.05) is 12.1 Å². The van der Waals surface area contributed by atoms with E-state index in [1.54, 1.807) is 0 Å². The molecule has 2 heteroatoms. The molecule has 1 fully saturated rings. The van der Waals surface area contributed by atoms with Gasteiger partial charge < -0.3 is 0 Å². The topological polar surface area (TPSA) is 3.24 Å². The molecule has 1 aliphatic rings. The van der Waals surface area contributed by atoms with Crippen LogP contribution < -0.4 is 0 Å². The number of terminal acetylenes is 1. The Morgan fingerprint density at radius 1 is 1.21 bits per heavy atom. The van der Waals surface area contributed by atoms with Gasteiger partial charge in [0.05, 0.1) is 6.54 Å². The van der Waals surface area contributed by atoms with E-state index >= 15 is 0 Å². The smallest absolute Gasteiger partial charge is 0.123 e. The number of hydrogen-bond donors (Lipinski definition) is 0. The van der Waals surface area contributed by atoms with Crippen LogP contribution in [0.1, 0.15) is 24.8 Å². The van der Waals surface area contributed by atoms with Gasteiger partial charge in [-0.25, -0.2) is 4.39 Å².